The summed E-state index contributed by atoms with van der Waals surface area (Å²) in [6, 6.07) is 8.62. The van der Waals surface area contributed by atoms with E-state index in [0.29, 0.717) is 0 Å². The lowest BCUT2D eigenvalue weighted by Gasteiger charge is -2.22. The number of ether oxygens (including phenoxy) is 2. The van der Waals surface area contributed by atoms with Gasteiger partial charge in [-0.1, -0.05) is 29.8 Å². The summed E-state index contributed by atoms with van der Waals surface area (Å²) >= 11 is 0. The Hall–Kier alpha value is -0.900. The maximum Gasteiger partial charge on any atom is 0.171 e. The fourth-order valence-electron chi connectivity index (χ4n) is 1.70. The van der Waals surface area contributed by atoms with Crippen molar-refractivity contribution in [3.05, 3.63) is 35.4 Å². The highest BCUT2D eigenvalue weighted by Crippen LogP contribution is 2.05. The molecule has 0 aliphatic rings. The molecule has 3 heteroatoms. The van der Waals surface area contributed by atoms with Crippen LogP contribution in [0.15, 0.2) is 24.3 Å². The van der Waals surface area contributed by atoms with Crippen LogP contribution in [-0.2, 0) is 16.0 Å². The average molecular weight is 223 g/mol. The van der Waals surface area contributed by atoms with Gasteiger partial charge in [-0.2, -0.15) is 0 Å². The van der Waals surface area contributed by atoms with E-state index in [2.05, 4.69) is 36.5 Å². The van der Waals surface area contributed by atoms with Crippen LogP contribution in [0.5, 0.6) is 0 Å². The molecule has 0 saturated carbocycles. The molecule has 0 aromatic heterocycles. The highest BCUT2D eigenvalue weighted by Gasteiger charge is 2.14. The van der Waals surface area contributed by atoms with Gasteiger partial charge in [-0.05, 0) is 19.4 Å². The van der Waals surface area contributed by atoms with Crippen LogP contribution in [0.2, 0.25) is 0 Å². The normalized spacial score (nSPS) is 13.1. The van der Waals surface area contributed by atoms with E-state index in [1.807, 2.05) is 6.92 Å². The highest BCUT2D eigenvalue weighted by molar-refractivity contribution is 5.21. The summed E-state index contributed by atoms with van der Waals surface area (Å²) in [5.74, 6) is 0. The molecule has 1 aromatic carbocycles. The zero-order chi connectivity index (χ0) is 12.0. The van der Waals surface area contributed by atoms with Crippen LogP contribution in [0.4, 0.5) is 0 Å². The van der Waals surface area contributed by atoms with Gasteiger partial charge >= 0.3 is 0 Å². The number of benzene rings is 1. The summed E-state index contributed by atoms with van der Waals surface area (Å²) < 4.78 is 10.4. The Morgan fingerprint density at radius 3 is 2.50 bits per heavy atom. The summed E-state index contributed by atoms with van der Waals surface area (Å²) in [6.07, 6.45) is -0.204. The number of hydrogen-bond donors (Lipinski definition) is 1. The minimum Gasteiger partial charge on any atom is -0.354 e. The van der Waals surface area contributed by atoms with Crippen LogP contribution in [0.3, 0.4) is 0 Å². The predicted octanol–water partition coefficient (Wildman–Crippen LogP) is 2.09. The van der Waals surface area contributed by atoms with E-state index >= 15 is 0 Å². The molecular formula is C13H21NO2. The van der Waals surface area contributed by atoms with Gasteiger partial charge in [-0.15, -0.1) is 0 Å². The van der Waals surface area contributed by atoms with Gasteiger partial charge in [-0.25, -0.2) is 0 Å². The third kappa shape index (κ3) is 3.93. The summed E-state index contributed by atoms with van der Waals surface area (Å²) in [5, 5.41) is 3.38. The SMILES string of the molecule is COC(OC)C(C)NCc1cccc(C)c1. The lowest BCUT2D eigenvalue weighted by atomic mass is 10.1. The summed E-state index contributed by atoms with van der Waals surface area (Å²) in [7, 11) is 3.30. The third-order valence-corrected chi connectivity index (χ3v) is 2.58. The topological polar surface area (TPSA) is 30.5 Å². The molecule has 90 valence electrons. The smallest absolute Gasteiger partial charge is 0.171 e. The van der Waals surface area contributed by atoms with Crippen LogP contribution in [0, 0.1) is 6.92 Å². The first-order valence-electron chi connectivity index (χ1n) is 5.52. The largest absolute Gasteiger partial charge is 0.354 e. The van der Waals surface area contributed by atoms with Crippen molar-refractivity contribution in [3.63, 3.8) is 0 Å². The first-order valence-corrected chi connectivity index (χ1v) is 5.52. The van der Waals surface area contributed by atoms with Crippen molar-refractivity contribution < 1.29 is 9.47 Å². The van der Waals surface area contributed by atoms with E-state index < -0.39 is 0 Å². The second kappa shape index (κ2) is 6.63. The van der Waals surface area contributed by atoms with E-state index in [9.17, 15) is 0 Å². The molecule has 0 radical (unpaired) electrons. The first kappa shape index (κ1) is 13.2. The second-order valence-corrected chi connectivity index (χ2v) is 4.00. The molecule has 0 heterocycles. The van der Waals surface area contributed by atoms with E-state index in [4.69, 9.17) is 9.47 Å². The summed E-state index contributed by atoms with van der Waals surface area (Å²) in [6.45, 7) is 4.97. The molecule has 1 rings (SSSR count). The average Bonchev–Trinajstić information content (AvgIpc) is 2.28. The van der Waals surface area contributed by atoms with E-state index in [-0.39, 0.29) is 12.3 Å². The number of aryl methyl sites for hydroxylation is 1. The highest BCUT2D eigenvalue weighted by atomic mass is 16.7. The zero-order valence-corrected chi connectivity index (χ0v) is 10.5. The van der Waals surface area contributed by atoms with Crippen LogP contribution in [0.25, 0.3) is 0 Å². The Labute approximate surface area is 97.8 Å². The van der Waals surface area contributed by atoms with Gasteiger partial charge in [0.05, 0.1) is 6.04 Å². The molecular weight excluding hydrogens is 202 g/mol. The molecule has 0 aliphatic carbocycles. The standard InChI is InChI=1S/C13H21NO2/c1-10-6-5-7-12(8-10)9-14-11(2)13(15-3)16-4/h5-8,11,13-14H,9H2,1-4H3. The maximum atomic E-state index is 5.19. The number of nitrogens with one attached hydrogen (secondary N) is 1. The number of hydrogen-bond acceptors (Lipinski definition) is 3. The molecule has 0 amide bonds. The Morgan fingerprint density at radius 1 is 1.25 bits per heavy atom. The van der Waals surface area contributed by atoms with E-state index in [1.165, 1.54) is 11.1 Å². The third-order valence-electron chi connectivity index (χ3n) is 2.58. The van der Waals surface area contributed by atoms with Gasteiger partial charge in [0.2, 0.25) is 0 Å². The van der Waals surface area contributed by atoms with E-state index in [0.717, 1.165) is 6.54 Å². The van der Waals surface area contributed by atoms with Crippen LogP contribution in [-0.4, -0.2) is 26.6 Å². The van der Waals surface area contributed by atoms with Crippen LogP contribution in [0.1, 0.15) is 18.1 Å². The second-order valence-electron chi connectivity index (χ2n) is 4.00. The van der Waals surface area contributed by atoms with Gasteiger partial charge in [-0.3, -0.25) is 0 Å². The lowest BCUT2D eigenvalue weighted by Crippen LogP contribution is -2.39. The van der Waals surface area contributed by atoms with Crippen molar-refractivity contribution in [2.75, 3.05) is 14.2 Å². The fraction of sp³-hybridized carbons (Fsp3) is 0.538. The Kier molecular flexibility index (Phi) is 5.46. The lowest BCUT2D eigenvalue weighted by molar-refractivity contribution is -0.119. The van der Waals surface area contributed by atoms with Crippen molar-refractivity contribution in [2.45, 2.75) is 32.7 Å². The van der Waals surface area contributed by atoms with Crippen molar-refractivity contribution >= 4 is 0 Å². The van der Waals surface area contributed by atoms with Gasteiger partial charge in [0.15, 0.2) is 6.29 Å². The minimum atomic E-state index is -0.204. The minimum absolute atomic E-state index is 0.163. The van der Waals surface area contributed by atoms with Crippen LogP contribution < -0.4 is 5.32 Å². The number of rotatable bonds is 6. The quantitative estimate of drug-likeness (QED) is 0.749. The van der Waals surface area contributed by atoms with Gasteiger partial charge in [0, 0.05) is 20.8 Å². The van der Waals surface area contributed by atoms with Gasteiger partial charge < -0.3 is 14.8 Å². The molecule has 0 bridgehead atoms. The Morgan fingerprint density at radius 2 is 1.94 bits per heavy atom. The van der Waals surface area contributed by atoms with Gasteiger partial charge in [0.1, 0.15) is 0 Å². The molecule has 1 atom stereocenters. The van der Waals surface area contributed by atoms with Crippen molar-refractivity contribution in [1.82, 2.24) is 5.32 Å². The van der Waals surface area contributed by atoms with Gasteiger partial charge in [0.25, 0.3) is 0 Å². The number of methoxy groups -OCH3 is 2. The molecule has 0 saturated heterocycles. The molecule has 1 unspecified atom stereocenters. The molecule has 16 heavy (non-hydrogen) atoms. The Balaban J connectivity index is 2.45. The van der Waals surface area contributed by atoms with Crippen molar-refractivity contribution in [3.8, 4) is 0 Å². The monoisotopic (exact) mass is 223 g/mol. The van der Waals surface area contributed by atoms with Crippen LogP contribution >= 0.6 is 0 Å². The molecule has 0 aliphatic heterocycles. The summed E-state index contributed by atoms with van der Waals surface area (Å²) in [4.78, 5) is 0. The maximum absolute atomic E-state index is 5.19. The molecule has 1 aromatic rings. The van der Waals surface area contributed by atoms with E-state index in [1.54, 1.807) is 14.2 Å². The summed E-state index contributed by atoms with van der Waals surface area (Å²) in [5.41, 5.74) is 2.56. The van der Waals surface area contributed by atoms with Crippen molar-refractivity contribution in [2.24, 2.45) is 0 Å². The first-order chi connectivity index (χ1) is 7.67. The zero-order valence-electron chi connectivity index (χ0n) is 10.5. The molecule has 0 spiro atoms. The molecule has 3 nitrogen and oxygen atoms in total. The molecule has 0 fully saturated rings. The fourth-order valence-corrected chi connectivity index (χ4v) is 1.70. The Bertz CT molecular complexity index is 311. The van der Waals surface area contributed by atoms with Crippen molar-refractivity contribution in [1.29, 1.82) is 0 Å². The molecule has 1 N–H and O–H groups in total. The predicted molar refractivity (Wildman–Crippen MR) is 65.3 cm³/mol.